The van der Waals surface area contributed by atoms with Gasteiger partial charge in [0.05, 0.1) is 6.61 Å². The van der Waals surface area contributed by atoms with Gasteiger partial charge in [-0.2, -0.15) is 0 Å². The van der Waals surface area contributed by atoms with E-state index in [1.807, 2.05) is 38.2 Å². The normalized spacial score (nSPS) is 17.5. The first-order valence-corrected chi connectivity index (χ1v) is 4.43. The summed E-state index contributed by atoms with van der Waals surface area (Å²) in [6, 6.07) is 0. The molecule has 2 heteroatoms. The molecule has 0 aliphatic rings. The van der Waals surface area contributed by atoms with E-state index < -0.39 is 5.60 Å². The number of aliphatic hydroxyl groups is 2. The topological polar surface area (TPSA) is 40.5 Å². The number of rotatable bonds is 5. The van der Waals surface area contributed by atoms with Crippen LogP contribution in [0.2, 0.25) is 0 Å². The second kappa shape index (κ2) is 6.63. The van der Waals surface area contributed by atoms with Crippen LogP contribution in [0.3, 0.4) is 0 Å². The van der Waals surface area contributed by atoms with E-state index in [2.05, 4.69) is 0 Å². The number of allylic oxidation sites excluding steroid dienone is 4. The van der Waals surface area contributed by atoms with Gasteiger partial charge in [-0.3, -0.25) is 0 Å². The molecule has 0 amide bonds. The minimum Gasteiger partial charge on any atom is -0.393 e. The van der Waals surface area contributed by atoms with Crippen molar-refractivity contribution in [3.05, 3.63) is 36.5 Å². The summed E-state index contributed by atoms with van der Waals surface area (Å²) in [5.41, 5.74) is -1.10. The van der Waals surface area contributed by atoms with Gasteiger partial charge in [-0.05, 0) is 13.8 Å². The van der Waals surface area contributed by atoms with Crippen LogP contribution >= 0.6 is 0 Å². The fourth-order valence-electron chi connectivity index (χ4n) is 0.957. The molecule has 0 unspecified atom stereocenters. The third-order valence-electron chi connectivity index (χ3n) is 1.66. The lowest BCUT2D eigenvalue weighted by molar-refractivity contribution is 0.0299. The number of aliphatic hydroxyl groups excluding tert-OH is 1. The van der Waals surface area contributed by atoms with Gasteiger partial charge in [0.25, 0.3) is 0 Å². The lowest BCUT2D eigenvalue weighted by Gasteiger charge is -2.19. The third-order valence-corrected chi connectivity index (χ3v) is 1.66. The Labute approximate surface area is 79.9 Å². The molecule has 0 bridgehead atoms. The zero-order valence-corrected chi connectivity index (χ0v) is 8.27. The molecule has 2 N–H and O–H groups in total. The standard InChI is InChI=1S/C11H18O2/c1-3-5-6-7-9-11(13,10-12)8-4-2/h3-8,12-13H,9-10H2,1-2H3/b5-3-,7-6+,8-4+/t11-/m0/s1. The molecule has 0 fully saturated rings. The van der Waals surface area contributed by atoms with Crippen LogP contribution in [0.1, 0.15) is 20.3 Å². The van der Waals surface area contributed by atoms with E-state index in [0.29, 0.717) is 6.42 Å². The second-order valence-corrected chi connectivity index (χ2v) is 2.92. The number of hydrogen-bond acceptors (Lipinski definition) is 2. The molecule has 0 radical (unpaired) electrons. The van der Waals surface area contributed by atoms with Crippen molar-refractivity contribution in [2.75, 3.05) is 6.61 Å². The van der Waals surface area contributed by atoms with Gasteiger partial charge in [0.15, 0.2) is 0 Å². The summed E-state index contributed by atoms with van der Waals surface area (Å²) >= 11 is 0. The van der Waals surface area contributed by atoms with E-state index >= 15 is 0 Å². The third kappa shape index (κ3) is 5.39. The molecule has 0 rings (SSSR count). The lowest BCUT2D eigenvalue weighted by atomic mass is 10.00. The smallest absolute Gasteiger partial charge is 0.109 e. The maximum atomic E-state index is 9.71. The Hall–Kier alpha value is -0.860. The summed E-state index contributed by atoms with van der Waals surface area (Å²) in [5.74, 6) is 0. The van der Waals surface area contributed by atoms with E-state index in [1.165, 1.54) is 0 Å². The molecule has 0 heterocycles. The van der Waals surface area contributed by atoms with Crippen LogP contribution in [0, 0.1) is 0 Å². The average molecular weight is 182 g/mol. The predicted molar refractivity (Wildman–Crippen MR) is 55.4 cm³/mol. The van der Waals surface area contributed by atoms with Gasteiger partial charge in [-0.25, -0.2) is 0 Å². The largest absolute Gasteiger partial charge is 0.393 e. The monoisotopic (exact) mass is 182 g/mol. The Balaban J connectivity index is 4.12. The molecule has 0 aliphatic heterocycles. The van der Waals surface area contributed by atoms with Crippen LogP contribution in [-0.2, 0) is 0 Å². The molecule has 0 aromatic rings. The molecule has 0 saturated heterocycles. The Morgan fingerprint density at radius 3 is 2.31 bits per heavy atom. The first-order valence-electron chi connectivity index (χ1n) is 4.43. The SMILES string of the molecule is C/C=C\C=C\C[C@@](O)(/C=C/C)CO. The molecule has 1 atom stereocenters. The van der Waals surface area contributed by atoms with Gasteiger partial charge < -0.3 is 10.2 Å². The zero-order chi connectivity index (χ0) is 10.2. The van der Waals surface area contributed by atoms with Gasteiger partial charge in [0.1, 0.15) is 5.60 Å². The predicted octanol–water partition coefficient (Wildman–Crippen LogP) is 1.81. The fourth-order valence-corrected chi connectivity index (χ4v) is 0.957. The molecule has 13 heavy (non-hydrogen) atoms. The summed E-state index contributed by atoms with van der Waals surface area (Å²) in [7, 11) is 0. The minimum absolute atomic E-state index is 0.252. The van der Waals surface area contributed by atoms with Gasteiger partial charge in [0.2, 0.25) is 0 Å². The molecule has 0 aromatic carbocycles. The molecular formula is C11H18O2. The van der Waals surface area contributed by atoms with Crippen molar-refractivity contribution in [1.29, 1.82) is 0 Å². The van der Waals surface area contributed by atoms with Crippen LogP contribution in [0.5, 0.6) is 0 Å². The minimum atomic E-state index is -1.10. The van der Waals surface area contributed by atoms with Crippen LogP contribution in [0.25, 0.3) is 0 Å². The first-order chi connectivity index (χ1) is 6.18. The second-order valence-electron chi connectivity index (χ2n) is 2.92. The van der Waals surface area contributed by atoms with E-state index in [1.54, 1.807) is 12.2 Å². The highest BCUT2D eigenvalue weighted by Crippen LogP contribution is 2.12. The average Bonchev–Trinajstić information content (AvgIpc) is 2.13. The molecule has 0 saturated carbocycles. The molecule has 0 spiro atoms. The zero-order valence-electron chi connectivity index (χ0n) is 8.27. The van der Waals surface area contributed by atoms with Crippen LogP contribution < -0.4 is 0 Å². The van der Waals surface area contributed by atoms with E-state index in [0.717, 1.165) is 0 Å². The van der Waals surface area contributed by atoms with E-state index in [9.17, 15) is 5.11 Å². The maximum absolute atomic E-state index is 9.71. The molecule has 2 nitrogen and oxygen atoms in total. The fraction of sp³-hybridized carbons (Fsp3) is 0.455. The van der Waals surface area contributed by atoms with Crippen molar-refractivity contribution in [3.8, 4) is 0 Å². The summed E-state index contributed by atoms with van der Waals surface area (Å²) in [5, 5.41) is 18.6. The number of hydrogen-bond donors (Lipinski definition) is 2. The molecule has 0 aliphatic carbocycles. The van der Waals surface area contributed by atoms with Gasteiger partial charge in [-0.15, -0.1) is 0 Å². The first kappa shape index (κ1) is 12.1. The van der Waals surface area contributed by atoms with E-state index in [4.69, 9.17) is 5.11 Å². The highest BCUT2D eigenvalue weighted by atomic mass is 16.3. The lowest BCUT2D eigenvalue weighted by Crippen LogP contribution is -2.29. The van der Waals surface area contributed by atoms with E-state index in [-0.39, 0.29) is 6.61 Å². The van der Waals surface area contributed by atoms with Crippen molar-refractivity contribution in [3.63, 3.8) is 0 Å². The van der Waals surface area contributed by atoms with Gasteiger partial charge in [-0.1, -0.05) is 36.5 Å². The highest BCUT2D eigenvalue weighted by molar-refractivity contribution is 5.08. The van der Waals surface area contributed by atoms with Crippen molar-refractivity contribution in [2.45, 2.75) is 25.9 Å². The van der Waals surface area contributed by atoms with Crippen molar-refractivity contribution in [1.82, 2.24) is 0 Å². The van der Waals surface area contributed by atoms with Crippen molar-refractivity contribution < 1.29 is 10.2 Å². The Kier molecular flexibility index (Phi) is 6.20. The Morgan fingerprint density at radius 1 is 1.15 bits per heavy atom. The van der Waals surface area contributed by atoms with Crippen LogP contribution in [0.4, 0.5) is 0 Å². The quantitative estimate of drug-likeness (QED) is 0.503. The highest BCUT2D eigenvalue weighted by Gasteiger charge is 2.19. The van der Waals surface area contributed by atoms with Gasteiger partial charge >= 0.3 is 0 Å². The van der Waals surface area contributed by atoms with Crippen molar-refractivity contribution in [2.24, 2.45) is 0 Å². The van der Waals surface area contributed by atoms with Crippen LogP contribution in [-0.4, -0.2) is 22.4 Å². The summed E-state index contributed by atoms with van der Waals surface area (Å²) in [4.78, 5) is 0. The van der Waals surface area contributed by atoms with Crippen LogP contribution in [0.15, 0.2) is 36.5 Å². The summed E-state index contributed by atoms with van der Waals surface area (Å²) in [6.07, 6.45) is 11.2. The Morgan fingerprint density at radius 2 is 1.85 bits per heavy atom. The molecule has 74 valence electrons. The maximum Gasteiger partial charge on any atom is 0.109 e. The molecular weight excluding hydrogens is 164 g/mol. The van der Waals surface area contributed by atoms with Crippen molar-refractivity contribution >= 4 is 0 Å². The summed E-state index contributed by atoms with van der Waals surface area (Å²) < 4.78 is 0. The molecule has 0 aromatic heterocycles. The van der Waals surface area contributed by atoms with Gasteiger partial charge in [0, 0.05) is 6.42 Å². The Bertz CT molecular complexity index is 204. The summed E-state index contributed by atoms with van der Waals surface area (Å²) in [6.45, 7) is 3.49.